The maximum Gasteiger partial charge on any atom is 0.269 e. The van der Waals surface area contributed by atoms with Gasteiger partial charge in [0.1, 0.15) is 0 Å². The number of alkyl halides is 1. The van der Waals surface area contributed by atoms with Gasteiger partial charge in [-0.05, 0) is 38.1 Å². The Morgan fingerprint density at radius 3 is 2.90 bits per heavy atom. The first-order chi connectivity index (χ1) is 9.52. The smallest absolute Gasteiger partial charge is 0.269 e. The first kappa shape index (κ1) is 15.1. The average molecular weight is 298 g/mol. The average Bonchev–Trinajstić information content (AvgIpc) is 2.45. The molecule has 0 spiro atoms. The molecule has 1 atom stereocenters. The first-order valence-corrected chi connectivity index (χ1v) is 7.31. The van der Waals surface area contributed by atoms with Crippen LogP contribution in [0.3, 0.4) is 0 Å². The van der Waals surface area contributed by atoms with Gasteiger partial charge in [-0.15, -0.1) is 11.6 Å². The number of halogens is 1. The molecule has 2 rings (SSSR count). The number of likely N-dealkylation sites (N-methyl/N-ethyl adjacent to an activating group) is 2. The third-order valence-electron chi connectivity index (χ3n) is 3.95. The normalized spacial score (nSPS) is 19.9. The van der Waals surface area contributed by atoms with Crippen molar-refractivity contribution in [1.82, 2.24) is 4.90 Å². The number of benzene rings is 1. The zero-order chi connectivity index (χ0) is 14.7. The quantitative estimate of drug-likeness (QED) is 0.487. The molecule has 1 aromatic rings. The van der Waals surface area contributed by atoms with E-state index in [1.165, 1.54) is 6.42 Å². The Morgan fingerprint density at radius 2 is 2.30 bits per heavy atom. The van der Waals surface area contributed by atoms with Gasteiger partial charge in [0.15, 0.2) is 0 Å². The molecule has 20 heavy (non-hydrogen) atoms. The predicted octanol–water partition coefficient (Wildman–Crippen LogP) is 2.86. The van der Waals surface area contributed by atoms with Gasteiger partial charge in [0, 0.05) is 43.3 Å². The Bertz CT molecular complexity index is 495. The van der Waals surface area contributed by atoms with Crippen LogP contribution in [-0.4, -0.2) is 43.0 Å². The number of hydrogen-bond acceptors (Lipinski definition) is 4. The van der Waals surface area contributed by atoms with Crippen LogP contribution in [-0.2, 0) is 5.88 Å². The van der Waals surface area contributed by atoms with Gasteiger partial charge in [-0.2, -0.15) is 0 Å². The van der Waals surface area contributed by atoms with Gasteiger partial charge in [0.25, 0.3) is 5.69 Å². The fourth-order valence-electron chi connectivity index (χ4n) is 2.79. The summed E-state index contributed by atoms with van der Waals surface area (Å²) in [5.74, 6) is 0.282. The lowest BCUT2D eigenvalue weighted by Crippen LogP contribution is -2.45. The highest BCUT2D eigenvalue weighted by Crippen LogP contribution is 2.29. The molecule has 0 bridgehead atoms. The third kappa shape index (κ3) is 3.22. The highest BCUT2D eigenvalue weighted by Gasteiger charge is 2.23. The van der Waals surface area contributed by atoms with Crippen LogP contribution in [0.1, 0.15) is 18.4 Å². The second-order valence-corrected chi connectivity index (χ2v) is 5.64. The van der Waals surface area contributed by atoms with Gasteiger partial charge in [0.05, 0.1) is 4.92 Å². The Hall–Kier alpha value is -1.33. The van der Waals surface area contributed by atoms with Crippen LogP contribution >= 0.6 is 11.6 Å². The SMILES string of the molecule is CN1CCCC(N(C)c2ccc([N+](=O)[O-])cc2CCl)C1. The van der Waals surface area contributed by atoms with Crippen molar-refractivity contribution >= 4 is 23.0 Å². The number of non-ortho nitro benzene ring substituents is 1. The molecular formula is C14H20ClN3O2. The Morgan fingerprint density at radius 1 is 1.55 bits per heavy atom. The van der Waals surface area contributed by atoms with Gasteiger partial charge in [-0.25, -0.2) is 0 Å². The zero-order valence-electron chi connectivity index (χ0n) is 11.9. The van der Waals surface area contributed by atoms with Crippen LogP contribution in [0.4, 0.5) is 11.4 Å². The van der Waals surface area contributed by atoms with Gasteiger partial charge < -0.3 is 9.80 Å². The minimum absolute atomic E-state index is 0.0959. The van der Waals surface area contributed by atoms with Crippen molar-refractivity contribution in [2.75, 3.05) is 32.1 Å². The number of piperidine rings is 1. The Kier molecular flexibility index (Phi) is 4.83. The van der Waals surface area contributed by atoms with Crippen molar-refractivity contribution in [2.45, 2.75) is 24.8 Å². The monoisotopic (exact) mass is 297 g/mol. The number of nitrogens with zero attached hydrogens (tertiary/aromatic N) is 3. The van der Waals surface area contributed by atoms with Crippen LogP contribution in [0.5, 0.6) is 0 Å². The van der Waals surface area contributed by atoms with Crippen LogP contribution in [0, 0.1) is 10.1 Å². The second-order valence-electron chi connectivity index (χ2n) is 5.37. The third-order valence-corrected chi connectivity index (χ3v) is 4.23. The number of anilines is 1. The van der Waals surface area contributed by atoms with Crippen molar-refractivity contribution < 1.29 is 4.92 Å². The summed E-state index contributed by atoms with van der Waals surface area (Å²) in [7, 11) is 4.17. The molecule has 0 N–H and O–H groups in total. The largest absolute Gasteiger partial charge is 0.370 e. The molecule has 110 valence electrons. The van der Waals surface area contributed by atoms with Gasteiger partial charge in [0.2, 0.25) is 0 Å². The summed E-state index contributed by atoms with van der Waals surface area (Å²) < 4.78 is 0. The van der Waals surface area contributed by atoms with E-state index in [0.717, 1.165) is 30.8 Å². The van der Waals surface area contributed by atoms with Crippen LogP contribution < -0.4 is 4.90 Å². The molecular weight excluding hydrogens is 278 g/mol. The summed E-state index contributed by atoms with van der Waals surface area (Å²) in [6.45, 7) is 2.14. The Labute approximate surface area is 124 Å². The fourth-order valence-corrected chi connectivity index (χ4v) is 3.00. The second kappa shape index (κ2) is 6.41. The van der Waals surface area contributed by atoms with Crippen molar-refractivity contribution in [3.8, 4) is 0 Å². The summed E-state index contributed by atoms with van der Waals surface area (Å²) in [5.41, 5.74) is 1.90. The topological polar surface area (TPSA) is 49.6 Å². The van der Waals surface area contributed by atoms with Crippen LogP contribution in [0.15, 0.2) is 18.2 Å². The van der Waals surface area contributed by atoms with Crippen molar-refractivity contribution in [2.24, 2.45) is 0 Å². The van der Waals surface area contributed by atoms with E-state index >= 15 is 0 Å². The van der Waals surface area contributed by atoms with Crippen molar-refractivity contribution in [3.05, 3.63) is 33.9 Å². The minimum Gasteiger partial charge on any atom is -0.370 e. The molecule has 1 aromatic carbocycles. The van der Waals surface area contributed by atoms with Crippen LogP contribution in [0.25, 0.3) is 0 Å². The molecule has 0 radical (unpaired) electrons. The predicted molar refractivity (Wildman–Crippen MR) is 81.6 cm³/mol. The standard InChI is InChI=1S/C14H20ClN3O2/c1-16-7-3-4-13(10-16)17(2)14-6-5-12(18(19)20)8-11(14)9-15/h5-6,8,13H,3-4,7,9-10H2,1-2H3. The lowest BCUT2D eigenvalue weighted by molar-refractivity contribution is -0.384. The van der Waals surface area contributed by atoms with E-state index < -0.39 is 0 Å². The van der Waals surface area contributed by atoms with Gasteiger partial charge in [-0.3, -0.25) is 10.1 Å². The van der Waals surface area contributed by atoms with E-state index in [0.29, 0.717) is 6.04 Å². The summed E-state index contributed by atoms with van der Waals surface area (Å²) in [6.07, 6.45) is 2.31. The van der Waals surface area contributed by atoms with E-state index in [9.17, 15) is 10.1 Å². The molecule has 1 fully saturated rings. The van der Waals surface area contributed by atoms with E-state index in [1.54, 1.807) is 12.1 Å². The molecule has 1 unspecified atom stereocenters. The maximum absolute atomic E-state index is 10.8. The highest BCUT2D eigenvalue weighted by atomic mass is 35.5. The maximum atomic E-state index is 10.8. The molecule has 0 amide bonds. The number of nitro groups is 1. The van der Waals surface area contributed by atoms with E-state index in [-0.39, 0.29) is 16.5 Å². The number of rotatable bonds is 4. The van der Waals surface area contributed by atoms with Crippen molar-refractivity contribution in [1.29, 1.82) is 0 Å². The first-order valence-electron chi connectivity index (χ1n) is 6.77. The Balaban J connectivity index is 2.24. The summed E-state index contributed by atoms with van der Waals surface area (Å²) >= 11 is 5.96. The van der Waals surface area contributed by atoms with E-state index in [1.807, 2.05) is 13.1 Å². The summed E-state index contributed by atoms with van der Waals surface area (Å²) in [4.78, 5) is 15.0. The lowest BCUT2D eigenvalue weighted by Gasteiger charge is -2.37. The molecule has 1 saturated heterocycles. The summed E-state index contributed by atoms with van der Waals surface area (Å²) in [6, 6.07) is 5.36. The minimum atomic E-state index is -0.381. The van der Waals surface area contributed by atoms with Gasteiger partial charge in [-0.1, -0.05) is 0 Å². The molecule has 0 aliphatic carbocycles. The fraction of sp³-hybridized carbons (Fsp3) is 0.571. The van der Waals surface area contributed by atoms with Crippen LogP contribution in [0.2, 0.25) is 0 Å². The molecule has 5 nitrogen and oxygen atoms in total. The number of hydrogen-bond donors (Lipinski definition) is 0. The highest BCUT2D eigenvalue weighted by molar-refractivity contribution is 6.17. The molecule has 1 aliphatic rings. The van der Waals surface area contributed by atoms with E-state index in [4.69, 9.17) is 11.6 Å². The molecule has 1 aliphatic heterocycles. The van der Waals surface area contributed by atoms with E-state index in [2.05, 4.69) is 16.8 Å². The number of likely N-dealkylation sites (tertiary alicyclic amines) is 1. The zero-order valence-corrected chi connectivity index (χ0v) is 12.6. The molecule has 0 aromatic heterocycles. The lowest BCUT2D eigenvalue weighted by atomic mass is 10.0. The molecule has 6 heteroatoms. The molecule has 0 saturated carbocycles. The number of nitro benzene ring substituents is 1. The van der Waals surface area contributed by atoms with Crippen molar-refractivity contribution in [3.63, 3.8) is 0 Å². The molecule has 1 heterocycles. The summed E-state index contributed by atoms with van der Waals surface area (Å²) in [5, 5.41) is 10.8. The van der Waals surface area contributed by atoms with Gasteiger partial charge >= 0.3 is 0 Å².